The topological polar surface area (TPSA) is 53.6 Å². The first kappa shape index (κ1) is 12.7. The predicted octanol–water partition coefficient (Wildman–Crippen LogP) is 4.55. The van der Waals surface area contributed by atoms with Gasteiger partial charge in [-0.3, -0.25) is 0 Å². The van der Waals surface area contributed by atoms with Crippen molar-refractivity contribution in [1.29, 1.82) is 0 Å². The Morgan fingerprint density at radius 1 is 1.00 bits per heavy atom. The van der Waals surface area contributed by atoms with Gasteiger partial charge in [0.05, 0.1) is 5.39 Å². The molecule has 3 nitrogen and oxygen atoms in total. The van der Waals surface area contributed by atoms with Gasteiger partial charge in [-0.2, -0.15) is 0 Å². The van der Waals surface area contributed by atoms with Crippen LogP contribution in [0.15, 0.2) is 46.9 Å². The summed E-state index contributed by atoms with van der Waals surface area (Å²) in [6, 6.07) is 12.4. The number of aryl methyl sites for hydroxylation is 1. The molecule has 0 aliphatic rings. The van der Waals surface area contributed by atoms with E-state index in [0.717, 1.165) is 16.7 Å². The minimum Gasteiger partial charge on any atom is -0.508 e. The third-order valence-electron chi connectivity index (χ3n) is 3.17. The van der Waals surface area contributed by atoms with Crippen LogP contribution in [0.3, 0.4) is 0 Å². The van der Waals surface area contributed by atoms with Gasteiger partial charge in [0, 0.05) is 23.8 Å². The molecule has 1 aromatic heterocycles. The second kappa shape index (κ2) is 4.65. The Morgan fingerprint density at radius 2 is 1.70 bits per heavy atom. The minimum atomic E-state index is -0.0609. The fourth-order valence-electron chi connectivity index (χ4n) is 2.23. The molecule has 0 bridgehead atoms. The lowest BCUT2D eigenvalue weighted by atomic mass is 10.0. The van der Waals surface area contributed by atoms with E-state index in [4.69, 9.17) is 16.6 Å². The second-order valence-corrected chi connectivity index (χ2v) is 5.09. The van der Waals surface area contributed by atoms with Gasteiger partial charge in [-0.15, -0.1) is 0 Å². The van der Waals surface area contributed by atoms with Gasteiger partial charge in [-0.05, 0) is 24.7 Å². The number of benzene rings is 2. The van der Waals surface area contributed by atoms with E-state index >= 15 is 0 Å². The largest absolute Gasteiger partial charge is 0.508 e. The zero-order valence-electron chi connectivity index (χ0n) is 10.8. The van der Waals surface area contributed by atoms with Gasteiger partial charge in [-0.25, -0.2) is 0 Å². The SMILES string of the molecule is Cc1ccc(-c2cc(=S)oc3cc(O)cc(O)c23)cc1. The van der Waals surface area contributed by atoms with Crippen LogP contribution in [-0.4, -0.2) is 10.2 Å². The van der Waals surface area contributed by atoms with Crippen LogP contribution in [0.25, 0.3) is 22.1 Å². The van der Waals surface area contributed by atoms with Crippen molar-refractivity contribution in [3.8, 4) is 22.6 Å². The molecule has 4 heteroatoms. The molecule has 3 rings (SSSR count). The molecule has 0 saturated carbocycles. The summed E-state index contributed by atoms with van der Waals surface area (Å²) in [6.45, 7) is 2.01. The maximum absolute atomic E-state index is 10.1. The van der Waals surface area contributed by atoms with Crippen molar-refractivity contribution in [3.63, 3.8) is 0 Å². The van der Waals surface area contributed by atoms with Crippen molar-refractivity contribution in [2.24, 2.45) is 0 Å². The lowest BCUT2D eigenvalue weighted by molar-refractivity contribution is 0.452. The summed E-state index contributed by atoms with van der Waals surface area (Å²) in [4.78, 5) is 0. The van der Waals surface area contributed by atoms with Gasteiger partial charge in [0.2, 0.25) is 0 Å². The summed E-state index contributed by atoms with van der Waals surface area (Å²) in [5.74, 6) is -0.0940. The molecular formula is C16H12O3S. The Morgan fingerprint density at radius 3 is 2.40 bits per heavy atom. The van der Waals surface area contributed by atoms with Crippen LogP contribution < -0.4 is 0 Å². The number of fused-ring (bicyclic) bond motifs is 1. The van der Waals surface area contributed by atoms with Gasteiger partial charge >= 0.3 is 0 Å². The molecule has 3 aromatic rings. The first-order chi connectivity index (χ1) is 9.54. The summed E-state index contributed by atoms with van der Waals surface area (Å²) in [5.41, 5.74) is 3.24. The third kappa shape index (κ3) is 2.14. The highest BCUT2D eigenvalue weighted by Gasteiger charge is 2.12. The Labute approximate surface area is 120 Å². The van der Waals surface area contributed by atoms with Gasteiger partial charge < -0.3 is 14.6 Å². The van der Waals surface area contributed by atoms with Gasteiger partial charge in [-0.1, -0.05) is 29.8 Å². The van der Waals surface area contributed by atoms with Crippen molar-refractivity contribution < 1.29 is 14.6 Å². The first-order valence-corrected chi connectivity index (χ1v) is 6.52. The summed E-state index contributed by atoms with van der Waals surface area (Å²) >= 11 is 5.11. The average molecular weight is 284 g/mol. The van der Waals surface area contributed by atoms with Gasteiger partial charge in [0.1, 0.15) is 17.1 Å². The van der Waals surface area contributed by atoms with Crippen molar-refractivity contribution in [2.75, 3.05) is 0 Å². The fourth-order valence-corrected chi connectivity index (χ4v) is 2.43. The van der Waals surface area contributed by atoms with Crippen LogP contribution in [0.1, 0.15) is 5.56 Å². The van der Waals surface area contributed by atoms with Crippen LogP contribution in [0.5, 0.6) is 11.5 Å². The average Bonchev–Trinajstić information content (AvgIpc) is 2.37. The molecule has 0 radical (unpaired) electrons. The fraction of sp³-hybridized carbons (Fsp3) is 0.0625. The summed E-state index contributed by atoms with van der Waals surface area (Å²) in [6.07, 6.45) is 0. The number of hydrogen-bond acceptors (Lipinski definition) is 4. The quantitative estimate of drug-likeness (QED) is 0.644. The highest BCUT2D eigenvalue weighted by Crippen LogP contribution is 2.37. The van der Waals surface area contributed by atoms with Crippen molar-refractivity contribution in [1.82, 2.24) is 0 Å². The molecule has 20 heavy (non-hydrogen) atoms. The van der Waals surface area contributed by atoms with Crippen LogP contribution in [-0.2, 0) is 0 Å². The molecule has 0 fully saturated rings. The molecule has 0 aliphatic carbocycles. The normalized spacial score (nSPS) is 10.8. The standard InChI is InChI=1S/C16H12O3S/c1-9-2-4-10(5-3-9)12-8-15(20)19-14-7-11(17)6-13(18)16(12)14/h2-8,17-18H,1H3. The number of phenols is 2. The van der Waals surface area contributed by atoms with Crippen LogP contribution >= 0.6 is 12.2 Å². The molecule has 0 aliphatic heterocycles. The lowest BCUT2D eigenvalue weighted by Crippen LogP contribution is -1.84. The monoisotopic (exact) mass is 284 g/mol. The van der Waals surface area contributed by atoms with E-state index in [0.29, 0.717) is 15.7 Å². The number of aromatic hydroxyl groups is 2. The van der Waals surface area contributed by atoms with Crippen LogP contribution in [0.4, 0.5) is 0 Å². The zero-order chi connectivity index (χ0) is 14.3. The van der Waals surface area contributed by atoms with Gasteiger partial charge in [0.25, 0.3) is 0 Å². The lowest BCUT2D eigenvalue weighted by Gasteiger charge is -2.09. The maximum atomic E-state index is 10.1. The molecular weight excluding hydrogens is 272 g/mol. The Hall–Kier alpha value is -2.33. The first-order valence-electron chi connectivity index (χ1n) is 6.11. The molecule has 100 valence electrons. The Kier molecular flexibility index (Phi) is 2.95. The molecule has 2 aromatic carbocycles. The molecule has 2 N–H and O–H groups in total. The summed E-state index contributed by atoms with van der Waals surface area (Å²) in [5, 5.41) is 20.2. The van der Waals surface area contributed by atoms with Crippen LogP contribution in [0.2, 0.25) is 0 Å². The highest BCUT2D eigenvalue weighted by molar-refractivity contribution is 7.71. The number of rotatable bonds is 1. The smallest absolute Gasteiger partial charge is 0.191 e. The molecule has 0 spiro atoms. The summed E-state index contributed by atoms with van der Waals surface area (Å²) < 4.78 is 5.71. The summed E-state index contributed by atoms with van der Waals surface area (Å²) in [7, 11) is 0. The molecule has 1 heterocycles. The van der Waals surface area contributed by atoms with E-state index in [9.17, 15) is 10.2 Å². The van der Waals surface area contributed by atoms with E-state index in [1.54, 1.807) is 6.07 Å². The maximum Gasteiger partial charge on any atom is 0.191 e. The van der Waals surface area contributed by atoms with E-state index in [1.165, 1.54) is 12.1 Å². The van der Waals surface area contributed by atoms with E-state index in [1.807, 2.05) is 31.2 Å². The molecule has 0 unspecified atom stereocenters. The van der Waals surface area contributed by atoms with E-state index in [2.05, 4.69) is 0 Å². The van der Waals surface area contributed by atoms with Crippen molar-refractivity contribution >= 4 is 23.2 Å². The molecule has 0 atom stereocenters. The van der Waals surface area contributed by atoms with Crippen molar-refractivity contribution in [3.05, 3.63) is 52.7 Å². The van der Waals surface area contributed by atoms with E-state index < -0.39 is 0 Å². The van der Waals surface area contributed by atoms with Gasteiger partial charge in [0.15, 0.2) is 4.71 Å². The van der Waals surface area contributed by atoms with Crippen LogP contribution in [0, 0.1) is 11.6 Å². The minimum absolute atomic E-state index is 0.0330. The van der Waals surface area contributed by atoms with Crippen molar-refractivity contribution in [2.45, 2.75) is 6.92 Å². The Balaban J connectivity index is 2.40. The molecule has 0 saturated heterocycles. The van der Waals surface area contributed by atoms with E-state index in [-0.39, 0.29) is 11.5 Å². The number of phenolic OH excluding ortho intramolecular Hbond substituents is 2. The zero-order valence-corrected chi connectivity index (χ0v) is 11.6. The predicted molar refractivity (Wildman–Crippen MR) is 80.6 cm³/mol. The molecule has 0 amide bonds. The third-order valence-corrected chi connectivity index (χ3v) is 3.37. The number of hydrogen-bond donors (Lipinski definition) is 2. The highest BCUT2D eigenvalue weighted by atomic mass is 32.1. The Bertz CT molecular complexity index is 848. The second-order valence-electron chi connectivity index (χ2n) is 4.68.